The van der Waals surface area contributed by atoms with Crippen LogP contribution in [0.3, 0.4) is 0 Å². The normalized spacial score (nSPS) is 18.6. The van der Waals surface area contributed by atoms with Crippen LogP contribution in [0.1, 0.15) is 31.7 Å². The minimum Gasteiger partial charge on any atom is -0.339 e. The van der Waals surface area contributed by atoms with Crippen LogP contribution in [0.15, 0.2) is 24.3 Å². The number of ketones is 1. The molecule has 1 saturated heterocycles. The Kier molecular flexibility index (Phi) is 4.59. The van der Waals surface area contributed by atoms with E-state index in [1.807, 2.05) is 23.1 Å². The minimum absolute atomic E-state index is 0.0872. The lowest BCUT2D eigenvalue weighted by Gasteiger charge is -2.24. The van der Waals surface area contributed by atoms with E-state index in [1.165, 1.54) is 0 Å². The summed E-state index contributed by atoms with van der Waals surface area (Å²) >= 11 is 5.92. The number of halogens is 1. The molecule has 1 aromatic carbocycles. The fourth-order valence-electron chi connectivity index (χ4n) is 2.63. The number of likely N-dealkylation sites (tertiary alicyclic amines) is 1. The van der Waals surface area contributed by atoms with Crippen molar-refractivity contribution in [2.24, 2.45) is 0 Å². The van der Waals surface area contributed by atoms with Gasteiger partial charge in [-0.2, -0.15) is 0 Å². The topological polar surface area (TPSA) is 37.4 Å². The molecule has 0 bridgehead atoms. The van der Waals surface area contributed by atoms with Crippen LogP contribution in [0.25, 0.3) is 0 Å². The van der Waals surface area contributed by atoms with Crippen LogP contribution < -0.4 is 0 Å². The fourth-order valence-corrected chi connectivity index (χ4v) is 2.84. The van der Waals surface area contributed by atoms with Gasteiger partial charge in [-0.15, -0.1) is 0 Å². The highest BCUT2D eigenvalue weighted by Gasteiger charge is 2.29. The van der Waals surface area contributed by atoms with Crippen molar-refractivity contribution in [1.82, 2.24) is 4.90 Å². The van der Waals surface area contributed by atoms with Gasteiger partial charge in [0.05, 0.1) is 6.42 Å². The summed E-state index contributed by atoms with van der Waals surface area (Å²) in [5.74, 6) is 0.235. The molecular formula is C15H18ClNO2. The van der Waals surface area contributed by atoms with Gasteiger partial charge in [-0.25, -0.2) is 0 Å². The van der Waals surface area contributed by atoms with Crippen molar-refractivity contribution in [1.29, 1.82) is 0 Å². The van der Waals surface area contributed by atoms with E-state index in [1.54, 1.807) is 13.0 Å². The zero-order valence-electron chi connectivity index (χ0n) is 11.1. The number of amides is 1. The molecule has 1 fully saturated rings. The lowest BCUT2D eigenvalue weighted by Crippen LogP contribution is -2.37. The van der Waals surface area contributed by atoms with Crippen LogP contribution in [-0.2, 0) is 16.0 Å². The molecule has 0 aromatic heterocycles. The quantitative estimate of drug-likeness (QED) is 0.850. The molecule has 2 rings (SSSR count). The highest BCUT2D eigenvalue weighted by molar-refractivity contribution is 6.30. The molecule has 1 heterocycles. The summed E-state index contributed by atoms with van der Waals surface area (Å²) < 4.78 is 0. The molecule has 0 N–H and O–H groups in total. The van der Waals surface area contributed by atoms with Crippen LogP contribution in [0, 0.1) is 0 Å². The highest BCUT2D eigenvalue weighted by atomic mass is 35.5. The molecule has 3 nitrogen and oxygen atoms in total. The number of benzene rings is 1. The van der Waals surface area contributed by atoms with E-state index in [4.69, 9.17) is 11.6 Å². The lowest BCUT2D eigenvalue weighted by atomic mass is 10.1. The summed E-state index contributed by atoms with van der Waals surface area (Å²) in [6, 6.07) is 7.45. The number of Topliss-reactive ketones (excluding diaryl/α,β-unsaturated/α-hetero) is 1. The van der Waals surface area contributed by atoms with Gasteiger partial charge in [0.1, 0.15) is 5.78 Å². The standard InChI is InChI=1S/C15H18ClNO2/c1-11(18)8-14-6-3-7-17(14)15(19)10-12-4-2-5-13(16)9-12/h2,4-5,9,14H,3,6-8,10H2,1H3. The molecule has 1 aliphatic rings. The first-order valence-corrected chi connectivity index (χ1v) is 6.97. The van der Waals surface area contributed by atoms with Crippen LogP contribution >= 0.6 is 11.6 Å². The van der Waals surface area contributed by atoms with Gasteiger partial charge in [0.2, 0.25) is 5.91 Å². The Balaban J connectivity index is 2.01. The van der Waals surface area contributed by atoms with Crippen LogP contribution in [-0.4, -0.2) is 29.2 Å². The molecule has 4 heteroatoms. The van der Waals surface area contributed by atoms with E-state index in [0.717, 1.165) is 24.9 Å². The number of carbonyl (C=O) groups excluding carboxylic acids is 2. The average molecular weight is 280 g/mol. The lowest BCUT2D eigenvalue weighted by molar-refractivity contribution is -0.132. The fraction of sp³-hybridized carbons (Fsp3) is 0.467. The molecule has 0 aliphatic carbocycles. The number of hydrogen-bond donors (Lipinski definition) is 0. The van der Waals surface area contributed by atoms with Crippen LogP contribution in [0.2, 0.25) is 5.02 Å². The maximum atomic E-state index is 12.3. The van der Waals surface area contributed by atoms with Crippen molar-refractivity contribution in [3.8, 4) is 0 Å². The number of carbonyl (C=O) groups is 2. The Morgan fingerprint density at radius 3 is 2.89 bits per heavy atom. The minimum atomic E-state index is 0.0872. The van der Waals surface area contributed by atoms with Gasteiger partial charge < -0.3 is 4.90 Å². The van der Waals surface area contributed by atoms with Gasteiger partial charge in [-0.05, 0) is 37.5 Å². The van der Waals surface area contributed by atoms with Gasteiger partial charge in [0, 0.05) is 24.0 Å². The predicted molar refractivity (Wildman–Crippen MR) is 75.2 cm³/mol. The monoisotopic (exact) mass is 279 g/mol. The second-order valence-corrected chi connectivity index (χ2v) is 5.53. The van der Waals surface area contributed by atoms with Gasteiger partial charge >= 0.3 is 0 Å². The number of hydrogen-bond acceptors (Lipinski definition) is 2. The van der Waals surface area contributed by atoms with Crippen molar-refractivity contribution in [3.63, 3.8) is 0 Å². The second-order valence-electron chi connectivity index (χ2n) is 5.10. The zero-order chi connectivity index (χ0) is 13.8. The third kappa shape index (κ3) is 3.80. The van der Waals surface area contributed by atoms with E-state index in [9.17, 15) is 9.59 Å². The number of rotatable bonds is 4. The van der Waals surface area contributed by atoms with E-state index in [-0.39, 0.29) is 17.7 Å². The van der Waals surface area contributed by atoms with Gasteiger partial charge in [-0.3, -0.25) is 9.59 Å². The largest absolute Gasteiger partial charge is 0.339 e. The van der Waals surface area contributed by atoms with Crippen molar-refractivity contribution in [3.05, 3.63) is 34.9 Å². The van der Waals surface area contributed by atoms with E-state index >= 15 is 0 Å². The summed E-state index contributed by atoms with van der Waals surface area (Å²) in [4.78, 5) is 25.4. The van der Waals surface area contributed by atoms with E-state index in [0.29, 0.717) is 17.9 Å². The summed E-state index contributed by atoms with van der Waals surface area (Å²) in [5.41, 5.74) is 0.922. The summed E-state index contributed by atoms with van der Waals surface area (Å²) in [6.07, 6.45) is 2.75. The molecule has 102 valence electrons. The second kappa shape index (κ2) is 6.20. The Labute approximate surface area is 118 Å². The Hall–Kier alpha value is -1.35. The maximum absolute atomic E-state index is 12.3. The van der Waals surface area contributed by atoms with E-state index in [2.05, 4.69) is 0 Å². The third-order valence-corrected chi connectivity index (χ3v) is 3.70. The molecule has 1 aromatic rings. The SMILES string of the molecule is CC(=O)CC1CCCN1C(=O)Cc1cccc(Cl)c1. The average Bonchev–Trinajstić information content (AvgIpc) is 2.76. The Morgan fingerprint density at radius 2 is 2.21 bits per heavy atom. The third-order valence-electron chi connectivity index (χ3n) is 3.46. The smallest absolute Gasteiger partial charge is 0.227 e. The summed E-state index contributed by atoms with van der Waals surface area (Å²) in [7, 11) is 0. The first kappa shape index (κ1) is 14.1. The highest BCUT2D eigenvalue weighted by Crippen LogP contribution is 2.22. The maximum Gasteiger partial charge on any atom is 0.227 e. The predicted octanol–water partition coefficient (Wildman–Crippen LogP) is 2.85. The number of nitrogens with zero attached hydrogens (tertiary/aromatic N) is 1. The van der Waals surface area contributed by atoms with Crippen molar-refractivity contribution in [2.75, 3.05) is 6.54 Å². The van der Waals surface area contributed by atoms with Crippen molar-refractivity contribution in [2.45, 2.75) is 38.6 Å². The Bertz CT molecular complexity index is 487. The first-order chi connectivity index (χ1) is 9.06. The first-order valence-electron chi connectivity index (χ1n) is 6.59. The van der Waals surface area contributed by atoms with Gasteiger partial charge in [-0.1, -0.05) is 23.7 Å². The molecule has 19 heavy (non-hydrogen) atoms. The van der Waals surface area contributed by atoms with Crippen LogP contribution in [0.5, 0.6) is 0 Å². The Morgan fingerprint density at radius 1 is 1.42 bits per heavy atom. The van der Waals surface area contributed by atoms with E-state index < -0.39 is 0 Å². The summed E-state index contributed by atoms with van der Waals surface area (Å²) in [6.45, 7) is 2.34. The molecule has 1 aliphatic heterocycles. The van der Waals surface area contributed by atoms with Gasteiger partial charge in [0.15, 0.2) is 0 Å². The zero-order valence-corrected chi connectivity index (χ0v) is 11.8. The van der Waals surface area contributed by atoms with Gasteiger partial charge in [0.25, 0.3) is 0 Å². The molecule has 0 saturated carbocycles. The molecule has 0 spiro atoms. The molecule has 1 atom stereocenters. The molecule has 1 amide bonds. The molecule has 1 unspecified atom stereocenters. The van der Waals surface area contributed by atoms with Crippen molar-refractivity contribution >= 4 is 23.3 Å². The summed E-state index contributed by atoms with van der Waals surface area (Å²) in [5, 5.41) is 0.645. The molecular weight excluding hydrogens is 262 g/mol. The molecule has 0 radical (unpaired) electrons. The van der Waals surface area contributed by atoms with Crippen LogP contribution in [0.4, 0.5) is 0 Å². The van der Waals surface area contributed by atoms with Crippen molar-refractivity contribution < 1.29 is 9.59 Å².